The molecular formula is C13H21BrN4. The zero-order valence-corrected chi connectivity index (χ0v) is 12.8. The molecule has 0 aromatic carbocycles. The van der Waals surface area contributed by atoms with Crippen molar-refractivity contribution in [1.82, 2.24) is 9.97 Å². The van der Waals surface area contributed by atoms with Crippen LogP contribution in [0.3, 0.4) is 0 Å². The lowest BCUT2D eigenvalue weighted by atomic mass is 9.87. The highest BCUT2D eigenvalue weighted by atomic mass is 79.9. The van der Waals surface area contributed by atoms with Crippen LogP contribution in [0.1, 0.15) is 40.0 Å². The van der Waals surface area contributed by atoms with Crippen LogP contribution < -0.4 is 10.6 Å². The summed E-state index contributed by atoms with van der Waals surface area (Å²) in [6, 6.07) is 0.484. The second-order valence-electron chi connectivity index (χ2n) is 5.49. The van der Waals surface area contributed by atoms with Crippen molar-refractivity contribution in [1.29, 1.82) is 0 Å². The number of aromatic nitrogens is 2. The summed E-state index contributed by atoms with van der Waals surface area (Å²) in [6.45, 7) is 7.54. The average Bonchev–Trinajstić information content (AvgIpc) is 2.64. The smallest absolute Gasteiger partial charge is 0.146 e. The van der Waals surface area contributed by atoms with Crippen molar-refractivity contribution in [3.8, 4) is 0 Å². The van der Waals surface area contributed by atoms with Gasteiger partial charge in [0.05, 0.1) is 0 Å². The Hall–Kier alpha value is -0.840. The molecule has 4 nitrogen and oxygen atoms in total. The van der Waals surface area contributed by atoms with Gasteiger partial charge < -0.3 is 10.6 Å². The van der Waals surface area contributed by atoms with Gasteiger partial charge in [-0.1, -0.05) is 20.3 Å². The van der Waals surface area contributed by atoms with Crippen molar-refractivity contribution in [3.05, 3.63) is 10.8 Å². The van der Waals surface area contributed by atoms with Crippen LogP contribution in [-0.2, 0) is 0 Å². The van der Waals surface area contributed by atoms with E-state index in [0.717, 1.165) is 22.7 Å². The molecule has 0 radical (unpaired) electrons. The molecule has 1 unspecified atom stereocenters. The molecule has 1 fully saturated rings. The SMILES string of the molecule is CCNc1ncnc(NC2CCCC2(C)C)c1Br. The Labute approximate surface area is 117 Å². The molecule has 1 aromatic heterocycles. The Kier molecular flexibility index (Phi) is 4.10. The topological polar surface area (TPSA) is 49.8 Å². The fourth-order valence-electron chi connectivity index (χ4n) is 2.52. The van der Waals surface area contributed by atoms with Gasteiger partial charge in [0.2, 0.25) is 0 Å². The lowest BCUT2D eigenvalue weighted by molar-refractivity contribution is 0.349. The molecule has 1 aliphatic carbocycles. The summed E-state index contributed by atoms with van der Waals surface area (Å²) in [5, 5.41) is 6.78. The maximum atomic E-state index is 4.34. The first-order valence-electron chi connectivity index (χ1n) is 6.55. The fraction of sp³-hybridized carbons (Fsp3) is 0.692. The van der Waals surface area contributed by atoms with E-state index in [0.29, 0.717) is 11.5 Å². The molecule has 0 aliphatic heterocycles. The first-order valence-corrected chi connectivity index (χ1v) is 7.35. The van der Waals surface area contributed by atoms with Crippen molar-refractivity contribution in [2.75, 3.05) is 17.2 Å². The molecule has 0 spiro atoms. The summed E-state index contributed by atoms with van der Waals surface area (Å²) < 4.78 is 0.926. The quantitative estimate of drug-likeness (QED) is 0.890. The minimum absolute atomic E-state index is 0.336. The number of hydrogen-bond donors (Lipinski definition) is 2. The maximum Gasteiger partial charge on any atom is 0.146 e. The predicted octanol–water partition coefficient (Wildman–Crippen LogP) is 3.66. The fourth-order valence-corrected chi connectivity index (χ4v) is 2.98. The molecule has 2 N–H and O–H groups in total. The molecule has 1 aromatic rings. The Morgan fingerprint density at radius 3 is 2.72 bits per heavy atom. The normalized spacial score (nSPS) is 21.9. The molecule has 0 bridgehead atoms. The van der Waals surface area contributed by atoms with Crippen LogP contribution in [-0.4, -0.2) is 22.6 Å². The van der Waals surface area contributed by atoms with Crippen LogP contribution in [0.15, 0.2) is 10.8 Å². The number of halogens is 1. The summed E-state index contributed by atoms with van der Waals surface area (Å²) in [5.74, 6) is 1.74. The van der Waals surface area contributed by atoms with Crippen LogP contribution >= 0.6 is 15.9 Å². The molecule has 1 saturated carbocycles. The first kappa shape index (κ1) is 13.6. The summed E-state index contributed by atoms with van der Waals surface area (Å²) >= 11 is 3.58. The summed E-state index contributed by atoms with van der Waals surface area (Å²) in [7, 11) is 0. The van der Waals surface area contributed by atoms with Crippen LogP contribution in [0.4, 0.5) is 11.6 Å². The molecule has 0 amide bonds. The van der Waals surface area contributed by atoms with Gasteiger partial charge in [-0.3, -0.25) is 0 Å². The van der Waals surface area contributed by atoms with Crippen LogP contribution in [0.5, 0.6) is 0 Å². The molecule has 1 atom stereocenters. The van der Waals surface area contributed by atoms with E-state index in [-0.39, 0.29) is 0 Å². The maximum absolute atomic E-state index is 4.34. The highest BCUT2D eigenvalue weighted by Gasteiger charge is 2.34. The van der Waals surface area contributed by atoms with E-state index in [1.807, 2.05) is 0 Å². The van der Waals surface area contributed by atoms with Gasteiger partial charge in [0.15, 0.2) is 0 Å². The summed E-state index contributed by atoms with van der Waals surface area (Å²) in [4.78, 5) is 8.57. The third kappa shape index (κ3) is 2.76. The van der Waals surface area contributed by atoms with E-state index in [9.17, 15) is 0 Å². The molecule has 1 aliphatic rings. The van der Waals surface area contributed by atoms with Gasteiger partial charge >= 0.3 is 0 Å². The van der Waals surface area contributed by atoms with E-state index < -0.39 is 0 Å². The predicted molar refractivity (Wildman–Crippen MR) is 78.9 cm³/mol. The molecule has 0 saturated heterocycles. The number of hydrogen-bond acceptors (Lipinski definition) is 4. The van der Waals surface area contributed by atoms with Crippen molar-refractivity contribution in [2.24, 2.45) is 5.41 Å². The van der Waals surface area contributed by atoms with Crippen molar-refractivity contribution in [2.45, 2.75) is 46.1 Å². The highest BCUT2D eigenvalue weighted by Crippen LogP contribution is 2.40. The Morgan fingerprint density at radius 2 is 2.11 bits per heavy atom. The van der Waals surface area contributed by atoms with Gasteiger partial charge in [0.1, 0.15) is 22.4 Å². The minimum Gasteiger partial charge on any atom is -0.369 e. The lowest BCUT2D eigenvalue weighted by Gasteiger charge is -2.28. The first-order chi connectivity index (χ1) is 8.54. The molecule has 2 rings (SSSR count). The largest absolute Gasteiger partial charge is 0.369 e. The van der Waals surface area contributed by atoms with E-state index >= 15 is 0 Å². The van der Waals surface area contributed by atoms with E-state index in [1.54, 1.807) is 6.33 Å². The van der Waals surface area contributed by atoms with Crippen LogP contribution in [0.25, 0.3) is 0 Å². The van der Waals surface area contributed by atoms with Gasteiger partial charge in [-0.05, 0) is 41.1 Å². The summed E-state index contributed by atoms with van der Waals surface area (Å²) in [5.41, 5.74) is 0.336. The second kappa shape index (κ2) is 5.43. The van der Waals surface area contributed by atoms with Gasteiger partial charge in [-0.15, -0.1) is 0 Å². The second-order valence-corrected chi connectivity index (χ2v) is 6.29. The third-order valence-corrected chi connectivity index (χ3v) is 4.45. The third-order valence-electron chi connectivity index (χ3n) is 3.70. The van der Waals surface area contributed by atoms with E-state index in [1.165, 1.54) is 19.3 Å². The van der Waals surface area contributed by atoms with Gasteiger partial charge in [-0.2, -0.15) is 0 Å². The van der Waals surface area contributed by atoms with E-state index in [2.05, 4.69) is 57.3 Å². The zero-order valence-electron chi connectivity index (χ0n) is 11.3. The molecular weight excluding hydrogens is 292 g/mol. The van der Waals surface area contributed by atoms with Gasteiger partial charge in [0.25, 0.3) is 0 Å². The monoisotopic (exact) mass is 312 g/mol. The number of rotatable bonds is 4. The Bertz CT molecular complexity index is 419. The number of nitrogens with zero attached hydrogens (tertiary/aromatic N) is 2. The molecule has 18 heavy (non-hydrogen) atoms. The average molecular weight is 313 g/mol. The van der Waals surface area contributed by atoms with Crippen molar-refractivity contribution >= 4 is 27.6 Å². The molecule has 100 valence electrons. The van der Waals surface area contributed by atoms with Crippen molar-refractivity contribution < 1.29 is 0 Å². The standard InChI is InChI=1S/C13H21BrN4/c1-4-15-11-10(14)12(17-8-16-11)18-9-6-5-7-13(9,2)3/h8-9H,4-7H2,1-3H3,(H2,15,16,17,18). The Balaban J connectivity index is 2.16. The van der Waals surface area contributed by atoms with Crippen LogP contribution in [0, 0.1) is 5.41 Å². The molecule has 1 heterocycles. The number of nitrogens with one attached hydrogen (secondary N) is 2. The summed E-state index contributed by atoms with van der Waals surface area (Å²) in [6.07, 6.45) is 5.37. The zero-order chi connectivity index (χ0) is 13.2. The lowest BCUT2D eigenvalue weighted by Crippen LogP contribution is -2.31. The van der Waals surface area contributed by atoms with Crippen LogP contribution in [0.2, 0.25) is 0 Å². The van der Waals surface area contributed by atoms with Crippen molar-refractivity contribution in [3.63, 3.8) is 0 Å². The Morgan fingerprint density at radius 1 is 1.39 bits per heavy atom. The highest BCUT2D eigenvalue weighted by molar-refractivity contribution is 9.10. The number of anilines is 2. The molecule has 5 heteroatoms. The van der Waals surface area contributed by atoms with Gasteiger partial charge in [0, 0.05) is 12.6 Å². The van der Waals surface area contributed by atoms with Gasteiger partial charge in [-0.25, -0.2) is 9.97 Å². The van der Waals surface area contributed by atoms with E-state index in [4.69, 9.17) is 0 Å². The minimum atomic E-state index is 0.336.